The van der Waals surface area contributed by atoms with E-state index < -0.39 is 0 Å². The van der Waals surface area contributed by atoms with E-state index in [1.54, 1.807) is 0 Å². The molecule has 0 radical (unpaired) electrons. The molecule has 1 saturated heterocycles. The molecule has 116 valence electrons. The summed E-state index contributed by atoms with van der Waals surface area (Å²) >= 11 is 0. The number of hydrogen-bond donors (Lipinski definition) is 1. The fourth-order valence-electron chi connectivity index (χ4n) is 3.29. The van der Waals surface area contributed by atoms with Crippen LogP contribution in [0.3, 0.4) is 0 Å². The average Bonchev–Trinajstić information content (AvgIpc) is 2.76. The molecule has 1 aliphatic rings. The zero-order valence-electron chi connectivity index (χ0n) is 13.9. The van der Waals surface area contributed by atoms with Crippen LogP contribution in [-0.2, 0) is 0 Å². The van der Waals surface area contributed by atoms with Crippen molar-refractivity contribution in [3.8, 4) is 6.07 Å². The average molecular weight is 280 g/mol. The second kappa shape index (κ2) is 7.97. The van der Waals surface area contributed by atoms with Gasteiger partial charge in [0.05, 0.1) is 6.07 Å². The highest BCUT2D eigenvalue weighted by Crippen LogP contribution is 2.21. The van der Waals surface area contributed by atoms with Crippen LogP contribution < -0.4 is 5.32 Å². The fraction of sp³-hybridized carbons (Fsp3) is 0.938. The molecule has 1 rings (SSSR count). The number of rotatable bonds is 8. The quantitative estimate of drug-likeness (QED) is 0.690. The first-order chi connectivity index (χ1) is 9.41. The Morgan fingerprint density at radius 1 is 1.35 bits per heavy atom. The van der Waals surface area contributed by atoms with Crippen LogP contribution >= 0.6 is 0 Å². The summed E-state index contributed by atoms with van der Waals surface area (Å²) in [6, 6.07) is 3.10. The maximum absolute atomic E-state index is 9.23. The van der Waals surface area contributed by atoms with E-state index >= 15 is 0 Å². The Morgan fingerprint density at radius 3 is 2.55 bits per heavy atom. The van der Waals surface area contributed by atoms with Gasteiger partial charge in [-0.15, -0.1) is 0 Å². The minimum Gasteiger partial charge on any atom is -0.305 e. The van der Waals surface area contributed by atoms with Gasteiger partial charge in [-0.05, 0) is 59.3 Å². The second-order valence-corrected chi connectivity index (χ2v) is 6.70. The van der Waals surface area contributed by atoms with Crippen LogP contribution in [0.4, 0.5) is 0 Å². The molecule has 3 atom stereocenters. The predicted octanol–water partition coefficient (Wildman–Crippen LogP) is 1.93. The van der Waals surface area contributed by atoms with Crippen LogP contribution in [0, 0.1) is 17.2 Å². The van der Waals surface area contributed by atoms with Crippen LogP contribution in [0.5, 0.6) is 0 Å². The molecule has 1 aliphatic heterocycles. The van der Waals surface area contributed by atoms with Gasteiger partial charge in [0, 0.05) is 19.1 Å². The summed E-state index contributed by atoms with van der Waals surface area (Å²) in [7, 11) is 4.36. The zero-order valence-corrected chi connectivity index (χ0v) is 13.9. The van der Waals surface area contributed by atoms with E-state index in [1.165, 1.54) is 26.1 Å². The first kappa shape index (κ1) is 17.4. The molecular formula is C16H32N4. The molecule has 1 heterocycles. The predicted molar refractivity (Wildman–Crippen MR) is 84.6 cm³/mol. The zero-order chi connectivity index (χ0) is 15.2. The number of hydrogen-bond acceptors (Lipinski definition) is 4. The number of likely N-dealkylation sites (tertiary alicyclic amines) is 1. The number of unbranched alkanes of at least 4 members (excludes halogenated alkanes) is 1. The normalized spacial score (nSPS) is 26.6. The van der Waals surface area contributed by atoms with Crippen molar-refractivity contribution in [2.75, 3.05) is 40.3 Å². The number of likely N-dealkylation sites (N-methyl/N-ethyl adjacent to an activating group) is 1. The lowest BCUT2D eigenvalue weighted by molar-refractivity contribution is 0.250. The molecule has 0 spiro atoms. The SMILES string of the molecule is CCNC(C)(C#N)CCCCN1CC(C)C(N(C)C)C1. The van der Waals surface area contributed by atoms with Crippen LogP contribution in [0.2, 0.25) is 0 Å². The second-order valence-electron chi connectivity index (χ2n) is 6.70. The largest absolute Gasteiger partial charge is 0.305 e. The first-order valence-corrected chi connectivity index (χ1v) is 7.97. The Kier molecular flexibility index (Phi) is 6.94. The van der Waals surface area contributed by atoms with E-state index in [4.69, 9.17) is 0 Å². The minimum atomic E-state index is -0.348. The van der Waals surface area contributed by atoms with Crippen LogP contribution in [0.15, 0.2) is 0 Å². The summed E-state index contributed by atoms with van der Waals surface area (Å²) < 4.78 is 0. The summed E-state index contributed by atoms with van der Waals surface area (Å²) in [5, 5.41) is 12.5. The molecule has 0 saturated carbocycles. The van der Waals surface area contributed by atoms with E-state index in [0.29, 0.717) is 6.04 Å². The van der Waals surface area contributed by atoms with E-state index in [1.807, 2.05) is 6.92 Å². The number of nitrogens with one attached hydrogen (secondary N) is 1. The number of nitriles is 1. The lowest BCUT2D eigenvalue weighted by Crippen LogP contribution is -2.40. The fourth-order valence-corrected chi connectivity index (χ4v) is 3.29. The highest BCUT2D eigenvalue weighted by molar-refractivity contribution is 5.03. The molecule has 0 aromatic heterocycles. The topological polar surface area (TPSA) is 42.3 Å². The Morgan fingerprint density at radius 2 is 2.05 bits per heavy atom. The molecule has 4 heteroatoms. The van der Waals surface area contributed by atoms with Gasteiger partial charge in [0.15, 0.2) is 0 Å². The lowest BCUT2D eigenvalue weighted by Gasteiger charge is -2.23. The molecule has 0 bridgehead atoms. The molecule has 1 fully saturated rings. The molecule has 0 aliphatic carbocycles. The van der Waals surface area contributed by atoms with Gasteiger partial charge in [-0.3, -0.25) is 5.32 Å². The van der Waals surface area contributed by atoms with Crippen molar-refractivity contribution < 1.29 is 0 Å². The van der Waals surface area contributed by atoms with Crippen molar-refractivity contribution in [2.24, 2.45) is 5.92 Å². The first-order valence-electron chi connectivity index (χ1n) is 7.97. The highest BCUT2D eigenvalue weighted by Gasteiger charge is 2.30. The Hall–Kier alpha value is -0.630. The Labute approximate surface area is 125 Å². The molecule has 4 nitrogen and oxygen atoms in total. The molecule has 1 N–H and O–H groups in total. The van der Waals surface area contributed by atoms with Gasteiger partial charge >= 0.3 is 0 Å². The van der Waals surface area contributed by atoms with Crippen LogP contribution in [0.1, 0.15) is 40.0 Å². The third-order valence-electron chi connectivity index (χ3n) is 4.53. The summed E-state index contributed by atoms with van der Waals surface area (Å²) in [6.45, 7) is 10.9. The third-order valence-corrected chi connectivity index (χ3v) is 4.53. The molecule has 20 heavy (non-hydrogen) atoms. The van der Waals surface area contributed by atoms with Crippen molar-refractivity contribution >= 4 is 0 Å². The van der Waals surface area contributed by atoms with Crippen molar-refractivity contribution in [1.82, 2.24) is 15.1 Å². The smallest absolute Gasteiger partial charge is 0.103 e. The van der Waals surface area contributed by atoms with Crippen LogP contribution in [-0.4, -0.2) is 61.7 Å². The van der Waals surface area contributed by atoms with Crippen LogP contribution in [0.25, 0.3) is 0 Å². The van der Waals surface area contributed by atoms with Gasteiger partial charge < -0.3 is 9.80 Å². The van der Waals surface area contributed by atoms with Gasteiger partial charge in [0.2, 0.25) is 0 Å². The third kappa shape index (κ3) is 5.05. The maximum Gasteiger partial charge on any atom is 0.103 e. The van der Waals surface area contributed by atoms with E-state index in [0.717, 1.165) is 25.3 Å². The van der Waals surface area contributed by atoms with Crippen molar-refractivity contribution in [3.05, 3.63) is 0 Å². The molecule has 3 unspecified atom stereocenters. The molecular weight excluding hydrogens is 248 g/mol. The Balaban J connectivity index is 2.24. The van der Waals surface area contributed by atoms with Crippen molar-refractivity contribution in [3.63, 3.8) is 0 Å². The van der Waals surface area contributed by atoms with Gasteiger partial charge in [-0.2, -0.15) is 5.26 Å². The standard InChI is InChI=1S/C16H32N4/c1-6-18-16(3,13-17)9-7-8-10-20-11-14(2)15(12-20)19(4)5/h14-15,18H,6-12H2,1-5H3. The molecule has 0 aromatic rings. The van der Waals surface area contributed by atoms with Gasteiger partial charge in [0.1, 0.15) is 5.54 Å². The summed E-state index contributed by atoms with van der Waals surface area (Å²) in [5.74, 6) is 0.760. The van der Waals surface area contributed by atoms with Crippen molar-refractivity contribution in [2.45, 2.75) is 51.6 Å². The maximum atomic E-state index is 9.23. The van der Waals surface area contributed by atoms with Crippen molar-refractivity contribution in [1.29, 1.82) is 5.26 Å². The summed E-state index contributed by atoms with van der Waals surface area (Å²) in [6.07, 6.45) is 3.25. The van der Waals surface area contributed by atoms with E-state index in [9.17, 15) is 5.26 Å². The summed E-state index contributed by atoms with van der Waals surface area (Å²) in [4.78, 5) is 4.93. The molecule has 0 amide bonds. The van der Waals surface area contributed by atoms with E-state index in [-0.39, 0.29) is 5.54 Å². The van der Waals surface area contributed by atoms with Gasteiger partial charge in [-0.1, -0.05) is 13.8 Å². The monoisotopic (exact) mass is 280 g/mol. The minimum absolute atomic E-state index is 0.348. The number of nitrogens with zero attached hydrogens (tertiary/aromatic N) is 3. The molecule has 0 aromatic carbocycles. The Bertz CT molecular complexity index is 323. The van der Waals surface area contributed by atoms with Gasteiger partial charge in [-0.25, -0.2) is 0 Å². The summed E-state index contributed by atoms with van der Waals surface area (Å²) in [5.41, 5.74) is -0.348. The van der Waals surface area contributed by atoms with Gasteiger partial charge in [0.25, 0.3) is 0 Å². The highest BCUT2D eigenvalue weighted by atomic mass is 15.2. The van der Waals surface area contributed by atoms with E-state index in [2.05, 4.69) is 49.1 Å². The lowest BCUT2D eigenvalue weighted by atomic mass is 9.96.